The Morgan fingerprint density at radius 3 is 2.68 bits per heavy atom. The minimum Gasteiger partial charge on any atom is -0.351 e. The molecule has 0 radical (unpaired) electrons. The lowest BCUT2D eigenvalue weighted by atomic mass is 10.1. The first-order valence-corrected chi connectivity index (χ1v) is 7.03. The van der Waals surface area contributed by atoms with Crippen molar-refractivity contribution in [3.63, 3.8) is 0 Å². The lowest BCUT2D eigenvalue weighted by Gasteiger charge is -2.27. The van der Waals surface area contributed by atoms with Crippen molar-refractivity contribution < 1.29 is 9.72 Å². The van der Waals surface area contributed by atoms with E-state index in [4.69, 9.17) is 0 Å². The van der Waals surface area contributed by atoms with Gasteiger partial charge < -0.3 is 10.6 Å². The molecule has 0 aliphatic carbocycles. The van der Waals surface area contributed by atoms with E-state index in [1.807, 2.05) is 0 Å². The van der Waals surface area contributed by atoms with Crippen LogP contribution in [0.4, 0.5) is 5.69 Å². The summed E-state index contributed by atoms with van der Waals surface area (Å²) in [6.07, 6.45) is 0. The molecule has 22 heavy (non-hydrogen) atoms. The number of aryl methyl sites for hydroxylation is 1. The topological polar surface area (TPSA) is 87.5 Å². The Morgan fingerprint density at radius 2 is 2.05 bits per heavy atom. The zero-order valence-electron chi connectivity index (χ0n) is 12.5. The van der Waals surface area contributed by atoms with Gasteiger partial charge in [-0.05, 0) is 18.6 Å². The summed E-state index contributed by atoms with van der Waals surface area (Å²) in [7, 11) is 0. The lowest BCUT2D eigenvalue weighted by Crippen LogP contribution is -2.46. The number of rotatable bonds is 5. The highest BCUT2D eigenvalue weighted by Gasteiger charge is 2.14. The molecule has 0 spiro atoms. The number of benzene rings is 1. The minimum atomic E-state index is -0.482. The van der Waals surface area contributed by atoms with Gasteiger partial charge in [0, 0.05) is 57.0 Å². The predicted molar refractivity (Wildman–Crippen MR) is 86.7 cm³/mol. The standard InChI is InChI=1S/C14H20N4O3.ClH/c1-11-8-12(10-13(9-11)18(20)21)14(19)16-4-7-17-5-2-15-3-6-17;/h8-10,15H,2-7H2,1H3,(H,16,19);1H. The molecule has 8 heteroatoms. The zero-order chi connectivity index (χ0) is 15.2. The molecule has 1 aliphatic rings. The van der Waals surface area contributed by atoms with Crippen LogP contribution in [0.15, 0.2) is 18.2 Å². The van der Waals surface area contributed by atoms with Gasteiger partial charge in [-0.1, -0.05) is 0 Å². The van der Waals surface area contributed by atoms with Crippen molar-refractivity contribution in [2.75, 3.05) is 39.3 Å². The lowest BCUT2D eigenvalue weighted by molar-refractivity contribution is -0.384. The van der Waals surface area contributed by atoms with Crippen molar-refractivity contribution in [2.45, 2.75) is 6.92 Å². The third-order valence-electron chi connectivity index (χ3n) is 3.46. The maximum Gasteiger partial charge on any atom is 0.270 e. The van der Waals surface area contributed by atoms with E-state index in [0.29, 0.717) is 17.7 Å². The van der Waals surface area contributed by atoms with Crippen LogP contribution in [0.25, 0.3) is 0 Å². The molecule has 1 saturated heterocycles. The monoisotopic (exact) mass is 328 g/mol. The van der Waals surface area contributed by atoms with E-state index in [-0.39, 0.29) is 24.0 Å². The summed E-state index contributed by atoms with van der Waals surface area (Å²) in [4.78, 5) is 24.7. The van der Waals surface area contributed by atoms with Gasteiger partial charge in [-0.2, -0.15) is 0 Å². The van der Waals surface area contributed by atoms with Crippen LogP contribution in [0.3, 0.4) is 0 Å². The molecule has 1 heterocycles. The maximum absolute atomic E-state index is 12.0. The van der Waals surface area contributed by atoms with Gasteiger partial charge >= 0.3 is 0 Å². The molecular formula is C14H21ClN4O3. The number of nitro benzene ring substituents is 1. The van der Waals surface area contributed by atoms with E-state index in [9.17, 15) is 14.9 Å². The number of non-ortho nitro benzene ring substituents is 1. The van der Waals surface area contributed by atoms with Crippen LogP contribution in [-0.4, -0.2) is 55.0 Å². The third kappa shape index (κ3) is 5.25. The number of amides is 1. The number of halogens is 1. The summed E-state index contributed by atoms with van der Waals surface area (Å²) in [5.74, 6) is -0.267. The Morgan fingerprint density at radius 1 is 1.36 bits per heavy atom. The first-order chi connectivity index (χ1) is 10.1. The molecule has 7 nitrogen and oxygen atoms in total. The highest BCUT2D eigenvalue weighted by molar-refractivity contribution is 5.95. The van der Waals surface area contributed by atoms with Gasteiger partial charge in [0.05, 0.1) is 4.92 Å². The second-order valence-electron chi connectivity index (χ2n) is 5.16. The number of nitro groups is 1. The van der Waals surface area contributed by atoms with Crippen molar-refractivity contribution in [3.8, 4) is 0 Å². The van der Waals surface area contributed by atoms with E-state index in [1.54, 1.807) is 13.0 Å². The second kappa shape index (κ2) is 8.67. The van der Waals surface area contributed by atoms with E-state index in [1.165, 1.54) is 12.1 Å². The first-order valence-electron chi connectivity index (χ1n) is 7.03. The van der Waals surface area contributed by atoms with Gasteiger partial charge in [0.25, 0.3) is 11.6 Å². The van der Waals surface area contributed by atoms with Crippen LogP contribution < -0.4 is 10.6 Å². The van der Waals surface area contributed by atoms with Crippen LogP contribution in [0, 0.1) is 17.0 Å². The van der Waals surface area contributed by atoms with Crippen LogP contribution in [0.5, 0.6) is 0 Å². The van der Waals surface area contributed by atoms with Gasteiger partial charge in [-0.25, -0.2) is 0 Å². The zero-order valence-corrected chi connectivity index (χ0v) is 13.3. The summed E-state index contributed by atoms with van der Waals surface area (Å²) in [5.41, 5.74) is 0.987. The number of hydrogen-bond donors (Lipinski definition) is 2. The molecule has 0 saturated carbocycles. The Labute approximate surface area is 135 Å². The van der Waals surface area contributed by atoms with Crippen LogP contribution in [0.2, 0.25) is 0 Å². The highest BCUT2D eigenvalue weighted by atomic mass is 35.5. The molecule has 1 aromatic rings. The number of piperazine rings is 1. The molecule has 1 amide bonds. The minimum absolute atomic E-state index is 0. The predicted octanol–water partition coefficient (Wildman–Crippen LogP) is 0.960. The van der Waals surface area contributed by atoms with Crippen molar-refractivity contribution in [1.82, 2.24) is 15.5 Å². The molecule has 1 aromatic carbocycles. The average Bonchev–Trinajstić information content (AvgIpc) is 2.47. The summed E-state index contributed by atoms with van der Waals surface area (Å²) in [6, 6.07) is 4.43. The van der Waals surface area contributed by atoms with Gasteiger partial charge in [-0.15, -0.1) is 12.4 Å². The smallest absolute Gasteiger partial charge is 0.270 e. The van der Waals surface area contributed by atoms with Crippen molar-refractivity contribution in [3.05, 3.63) is 39.4 Å². The number of carbonyl (C=O) groups excluding carboxylic acids is 1. The number of nitrogens with zero attached hydrogens (tertiary/aromatic N) is 2. The van der Waals surface area contributed by atoms with Crippen LogP contribution >= 0.6 is 12.4 Å². The molecule has 1 aliphatic heterocycles. The van der Waals surface area contributed by atoms with Gasteiger partial charge in [0.1, 0.15) is 0 Å². The summed E-state index contributed by atoms with van der Waals surface area (Å²) >= 11 is 0. The molecule has 0 aromatic heterocycles. The Hall–Kier alpha value is -1.70. The number of hydrogen-bond acceptors (Lipinski definition) is 5. The second-order valence-corrected chi connectivity index (χ2v) is 5.16. The molecular weight excluding hydrogens is 308 g/mol. The Balaban J connectivity index is 0.00000242. The molecule has 0 unspecified atom stereocenters. The van der Waals surface area contributed by atoms with Crippen LogP contribution in [-0.2, 0) is 0 Å². The summed E-state index contributed by atoms with van der Waals surface area (Å²) < 4.78 is 0. The first kappa shape index (κ1) is 18.3. The fraction of sp³-hybridized carbons (Fsp3) is 0.500. The van der Waals surface area contributed by atoms with Crippen molar-refractivity contribution in [1.29, 1.82) is 0 Å². The number of nitrogens with one attached hydrogen (secondary N) is 2. The van der Waals surface area contributed by atoms with Crippen molar-refractivity contribution in [2.24, 2.45) is 0 Å². The van der Waals surface area contributed by atoms with Gasteiger partial charge in [-0.3, -0.25) is 19.8 Å². The molecule has 0 atom stereocenters. The van der Waals surface area contributed by atoms with Gasteiger partial charge in [0.2, 0.25) is 0 Å². The van der Waals surface area contributed by atoms with Crippen molar-refractivity contribution >= 4 is 24.0 Å². The SMILES string of the molecule is Cc1cc(C(=O)NCCN2CCNCC2)cc([N+](=O)[O-])c1.Cl. The van der Waals surface area contributed by atoms with E-state index < -0.39 is 4.92 Å². The van der Waals surface area contributed by atoms with E-state index in [2.05, 4.69) is 15.5 Å². The molecule has 122 valence electrons. The maximum atomic E-state index is 12.0. The fourth-order valence-electron chi connectivity index (χ4n) is 2.36. The van der Waals surface area contributed by atoms with E-state index in [0.717, 1.165) is 32.7 Å². The molecule has 2 N–H and O–H groups in total. The highest BCUT2D eigenvalue weighted by Crippen LogP contribution is 2.16. The van der Waals surface area contributed by atoms with Crippen LogP contribution in [0.1, 0.15) is 15.9 Å². The Kier molecular flexibility index (Phi) is 7.23. The average molecular weight is 329 g/mol. The molecule has 2 rings (SSSR count). The quantitative estimate of drug-likeness (QED) is 0.621. The largest absolute Gasteiger partial charge is 0.351 e. The van der Waals surface area contributed by atoms with Gasteiger partial charge in [0.15, 0.2) is 0 Å². The van der Waals surface area contributed by atoms with E-state index >= 15 is 0 Å². The summed E-state index contributed by atoms with van der Waals surface area (Å²) in [5, 5.41) is 16.9. The molecule has 0 bridgehead atoms. The molecule has 1 fully saturated rings. The normalized spacial score (nSPS) is 15.0. The fourth-order valence-corrected chi connectivity index (χ4v) is 2.36. The summed E-state index contributed by atoms with van der Waals surface area (Å²) in [6.45, 7) is 6.97. The Bertz CT molecular complexity index is 533. The third-order valence-corrected chi connectivity index (χ3v) is 3.46. The number of carbonyl (C=O) groups is 1.